The molecular weight excluding hydrogens is 215 g/mol. The van der Waals surface area contributed by atoms with Gasteiger partial charge in [0.05, 0.1) is 6.61 Å². The van der Waals surface area contributed by atoms with Gasteiger partial charge in [0.25, 0.3) is 0 Å². The van der Waals surface area contributed by atoms with Gasteiger partial charge in [-0.15, -0.1) is 0 Å². The maximum absolute atomic E-state index is 10.4. The first-order chi connectivity index (χ1) is 5.21. The molecule has 3 N–H and O–H groups in total. The molecule has 0 bridgehead atoms. The molecule has 13 heavy (non-hydrogen) atoms. The molecule has 0 rings (SSSR count). The molecule has 1 atom stereocenters. The zero-order valence-electron chi connectivity index (χ0n) is 6.63. The van der Waals surface area contributed by atoms with E-state index in [1.165, 1.54) is 0 Å². The Hall–Kier alpha value is 0.247. The smallest absolute Gasteiger partial charge is 0.492 e. The van der Waals surface area contributed by atoms with E-state index in [1.807, 2.05) is 0 Å². The van der Waals surface area contributed by atoms with E-state index in [1.54, 1.807) is 0 Å². The number of rotatable bonds is 5. The van der Waals surface area contributed by atoms with Crippen LogP contribution in [0.25, 0.3) is 0 Å². The predicted molar refractivity (Wildman–Crippen MR) is 48.0 cm³/mol. The van der Waals surface area contributed by atoms with Crippen molar-refractivity contribution < 1.29 is 28.4 Å². The van der Waals surface area contributed by atoms with Crippen molar-refractivity contribution in [2.24, 2.45) is 0 Å². The van der Waals surface area contributed by atoms with Crippen LogP contribution in [0, 0.1) is 0 Å². The van der Waals surface area contributed by atoms with E-state index >= 15 is 0 Å². The molecule has 0 fully saturated rings. The fraction of sp³-hybridized carbons (Fsp3) is 1.00. The van der Waals surface area contributed by atoms with Crippen molar-refractivity contribution in [3.8, 4) is 0 Å². The van der Waals surface area contributed by atoms with Crippen molar-refractivity contribution in [3.63, 3.8) is 0 Å². The first-order valence-corrected chi connectivity index (χ1v) is 7.35. The molecule has 0 saturated carbocycles. The Morgan fingerprint density at radius 3 is 2.23 bits per heavy atom. The number of hydrogen-bond donors (Lipinski definition) is 3. The van der Waals surface area contributed by atoms with E-state index in [2.05, 4.69) is 4.52 Å². The Morgan fingerprint density at radius 1 is 1.46 bits per heavy atom. The van der Waals surface area contributed by atoms with Gasteiger partial charge in [-0.25, -0.2) is 0 Å². The van der Waals surface area contributed by atoms with Crippen LogP contribution < -0.4 is 4.89 Å². The van der Waals surface area contributed by atoms with Gasteiger partial charge < -0.3 is 28.4 Å². The molecule has 0 aromatic carbocycles. The van der Waals surface area contributed by atoms with E-state index < -0.39 is 16.4 Å². The highest BCUT2D eigenvalue weighted by atomic mass is 31.2. The molecule has 0 spiro atoms. The second-order valence-corrected chi connectivity index (χ2v) is 6.33. The van der Waals surface area contributed by atoms with E-state index in [0.29, 0.717) is 0 Å². The van der Waals surface area contributed by atoms with Gasteiger partial charge in [0, 0.05) is 12.7 Å². The molecule has 0 heterocycles. The Bertz CT molecular complexity index is 172. The molecule has 0 aliphatic heterocycles. The highest BCUT2D eigenvalue weighted by Gasteiger charge is 2.25. The molecule has 0 aliphatic rings. The molecule has 0 aliphatic carbocycles. The quantitative estimate of drug-likeness (QED) is 0.322. The summed E-state index contributed by atoms with van der Waals surface area (Å²) >= 11 is 0. The molecule has 6 nitrogen and oxygen atoms in total. The Morgan fingerprint density at radius 2 is 1.92 bits per heavy atom. The largest absolute Gasteiger partial charge is 0.779 e. The van der Waals surface area contributed by atoms with Gasteiger partial charge in [0.15, 0.2) is 0 Å². The lowest BCUT2D eigenvalue weighted by molar-refractivity contribution is -0.196. The van der Waals surface area contributed by atoms with Gasteiger partial charge in [-0.2, -0.15) is 0 Å². The van der Waals surface area contributed by atoms with Crippen molar-refractivity contribution in [2.75, 3.05) is 13.3 Å². The van der Waals surface area contributed by atoms with Crippen LogP contribution in [0.4, 0.5) is 0 Å². The monoisotopic (exact) mass is 231 g/mol. The standard InChI is InChI=1S/C4H13O6PSi.CH4/c1-11(5,6)10-3-2-4-12(7,8)9;/h7-9H,2-4H2,1H3,(H,5,6);1H4/p-1. The molecule has 0 amide bonds. The highest BCUT2D eigenvalue weighted by molar-refractivity contribution is 7.50. The molecule has 1 unspecified atom stereocenters. The van der Waals surface area contributed by atoms with Gasteiger partial charge in [-0.05, 0) is 6.42 Å². The minimum absolute atomic E-state index is 0. The second kappa shape index (κ2) is 5.87. The van der Waals surface area contributed by atoms with E-state index in [4.69, 9.17) is 14.4 Å². The maximum atomic E-state index is 10.4. The average molecular weight is 231 g/mol. The highest BCUT2D eigenvalue weighted by Crippen LogP contribution is 2.31. The third kappa shape index (κ3) is 15.0. The predicted octanol–water partition coefficient (Wildman–Crippen LogP) is -0.872. The zero-order valence-corrected chi connectivity index (χ0v) is 8.53. The lowest BCUT2D eigenvalue weighted by Crippen LogP contribution is -2.34. The van der Waals surface area contributed by atoms with Crippen LogP contribution in [-0.4, -0.2) is 36.5 Å². The van der Waals surface area contributed by atoms with E-state index in [0.717, 1.165) is 6.66 Å². The third-order valence-electron chi connectivity index (χ3n) is 0.982. The topological polar surface area (TPSA) is 110 Å². The van der Waals surface area contributed by atoms with Gasteiger partial charge in [-0.3, -0.25) is 0 Å². The van der Waals surface area contributed by atoms with Crippen LogP contribution in [-0.2, 0) is 9.09 Å². The molecule has 0 aromatic heterocycles. The Kier molecular flexibility index (Phi) is 7.09. The SMILES string of the molecule is C.CP(=O)([O-])OCCC[Si](O)(O)O. The van der Waals surface area contributed by atoms with Gasteiger partial charge in [0.1, 0.15) is 7.60 Å². The zero-order chi connectivity index (χ0) is 9.83. The minimum atomic E-state index is -4.03. The lowest BCUT2D eigenvalue weighted by atomic mass is 10.5. The molecular formula is C5H16O6PSi-. The summed E-state index contributed by atoms with van der Waals surface area (Å²) in [4.78, 5) is 35.9. The number of hydrogen-bond acceptors (Lipinski definition) is 6. The molecule has 0 radical (unpaired) electrons. The van der Waals surface area contributed by atoms with Gasteiger partial charge in [-0.1, -0.05) is 7.43 Å². The minimum Gasteiger partial charge on any atom is -0.779 e. The maximum Gasteiger partial charge on any atom is 0.492 e. The summed E-state index contributed by atoms with van der Waals surface area (Å²) in [5, 5.41) is 0. The molecule has 82 valence electrons. The summed E-state index contributed by atoms with van der Waals surface area (Å²) in [6.07, 6.45) is 0.107. The van der Waals surface area contributed by atoms with Crippen molar-refractivity contribution in [1.82, 2.24) is 0 Å². The fourth-order valence-corrected chi connectivity index (χ4v) is 1.62. The summed E-state index contributed by atoms with van der Waals surface area (Å²) in [6.45, 7) is 0.794. The van der Waals surface area contributed by atoms with Crippen LogP contribution in [0.2, 0.25) is 6.04 Å². The Labute approximate surface area is 78.7 Å². The second-order valence-electron chi connectivity index (χ2n) is 2.48. The first kappa shape index (κ1) is 15.7. The van der Waals surface area contributed by atoms with Crippen LogP contribution in [0.1, 0.15) is 13.8 Å². The van der Waals surface area contributed by atoms with Gasteiger partial charge in [0.2, 0.25) is 0 Å². The van der Waals surface area contributed by atoms with Gasteiger partial charge >= 0.3 is 8.80 Å². The summed E-state index contributed by atoms with van der Waals surface area (Å²) < 4.78 is 14.7. The van der Waals surface area contributed by atoms with Crippen LogP contribution in [0.3, 0.4) is 0 Å². The van der Waals surface area contributed by atoms with E-state index in [9.17, 15) is 9.46 Å². The summed E-state index contributed by atoms with van der Waals surface area (Å²) in [5.74, 6) is 0. The van der Waals surface area contributed by atoms with Crippen molar-refractivity contribution >= 4 is 16.4 Å². The van der Waals surface area contributed by atoms with Crippen LogP contribution in [0.5, 0.6) is 0 Å². The fourth-order valence-electron chi connectivity index (χ4n) is 0.540. The molecule has 8 heteroatoms. The first-order valence-electron chi connectivity index (χ1n) is 3.31. The van der Waals surface area contributed by atoms with E-state index in [-0.39, 0.29) is 26.5 Å². The molecule has 0 aromatic rings. The van der Waals surface area contributed by atoms with Crippen LogP contribution >= 0.6 is 7.60 Å². The van der Waals surface area contributed by atoms with Crippen LogP contribution in [0.15, 0.2) is 0 Å². The summed E-state index contributed by atoms with van der Waals surface area (Å²) in [5.41, 5.74) is 0. The Balaban J connectivity index is 0. The molecule has 0 saturated heterocycles. The summed E-state index contributed by atoms with van der Waals surface area (Å²) in [7, 11) is -7.75. The van der Waals surface area contributed by atoms with Crippen molar-refractivity contribution in [2.45, 2.75) is 19.9 Å². The van der Waals surface area contributed by atoms with Crippen molar-refractivity contribution in [1.29, 1.82) is 0 Å². The van der Waals surface area contributed by atoms with Crippen molar-refractivity contribution in [3.05, 3.63) is 0 Å². The summed E-state index contributed by atoms with van der Waals surface area (Å²) in [6, 6.07) is -0.215. The normalized spacial score (nSPS) is 16.1. The average Bonchev–Trinajstić information content (AvgIpc) is 1.76. The lowest BCUT2D eigenvalue weighted by Gasteiger charge is -2.18. The third-order valence-corrected chi connectivity index (χ3v) is 2.66.